The van der Waals surface area contributed by atoms with Crippen molar-refractivity contribution in [2.24, 2.45) is 0 Å². The van der Waals surface area contributed by atoms with Crippen molar-refractivity contribution < 1.29 is 14.3 Å². The van der Waals surface area contributed by atoms with Gasteiger partial charge in [0.05, 0.1) is 7.11 Å². The number of aryl methyl sites for hydroxylation is 1. The van der Waals surface area contributed by atoms with Crippen LogP contribution in [-0.4, -0.2) is 31.6 Å². The van der Waals surface area contributed by atoms with E-state index in [0.29, 0.717) is 13.0 Å². The average molecular weight is 302 g/mol. The maximum atomic E-state index is 12.1. The molecule has 22 heavy (non-hydrogen) atoms. The molecule has 5 nitrogen and oxygen atoms in total. The molecule has 1 aliphatic rings. The van der Waals surface area contributed by atoms with Crippen molar-refractivity contribution in [1.82, 2.24) is 5.32 Å². The second kappa shape index (κ2) is 7.11. The van der Waals surface area contributed by atoms with Crippen LogP contribution >= 0.6 is 0 Å². The molecular weight excluding hydrogens is 280 g/mol. The van der Waals surface area contributed by atoms with Crippen molar-refractivity contribution in [3.8, 4) is 0 Å². The lowest BCUT2D eigenvalue weighted by Crippen LogP contribution is -2.28. The molecule has 2 N–H and O–H groups in total. The molecule has 1 amide bonds. The Balaban J connectivity index is 1.91. The fourth-order valence-electron chi connectivity index (χ4n) is 2.75. The predicted octanol–water partition coefficient (Wildman–Crippen LogP) is 2.13. The molecule has 0 aromatic heterocycles. The number of para-hydroxylation sites is 1. The van der Waals surface area contributed by atoms with Crippen LogP contribution in [0.1, 0.15) is 30.4 Å². The van der Waals surface area contributed by atoms with Gasteiger partial charge in [-0.3, -0.25) is 4.79 Å². The summed E-state index contributed by atoms with van der Waals surface area (Å²) in [6, 6.07) is 6.40. The van der Waals surface area contributed by atoms with Crippen LogP contribution in [-0.2, 0) is 14.3 Å². The number of benzene rings is 1. The van der Waals surface area contributed by atoms with E-state index in [-0.39, 0.29) is 17.9 Å². The molecule has 0 spiro atoms. The van der Waals surface area contributed by atoms with Crippen LogP contribution in [0.25, 0.3) is 0 Å². The molecule has 118 valence electrons. The summed E-state index contributed by atoms with van der Waals surface area (Å²) in [5, 5.41) is 6.25. The smallest absolute Gasteiger partial charge is 0.330 e. The van der Waals surface area contributed by atoms with Gasteiger partial charge in [-0.1, -0.05) is 24.3 Å². The fraction of sp³-hybridized carbons (Fsp3) is 0.412. The van der Waals surface area contributed by atoms with Crippen LogP contribution in [0.5, 0.6) is 0 Å². The van der Waals surface area contributed by atoms with Crippen molar-refractivity contribution in [3.63, 3.8) is 0 Å². The van der Waals surface area contributed by atoms with Crippen LogP contribution in [0.4, 0.5) is 5.69 Å². The summed E-state index contributed by atoms with van der Waals surface area (Å²) >= 11 is 0. The van der Waals surface area contributed by atoms with Gasteiger partial charge in [-0.2, -0.15) is 0 Å². The minimum atomic E-state index is -0.424. The summed E-state index contributed by atoms with van der Waals surface area (Å²) in [7, 11) is 1.32. The van der Waals surface area contributed by atoms with Gasteiger partial charge < -0.3 is 15.4 Å². The van der Waals surface area contributed by atoms with Gasteiger partial charge >= 0.3 is 5.97 Å². The van der Waals surface area contributed by atoms with E-state index in [4.69, 9.17) is 0 Å². The first kappa shape index (κ1) is 16.1. The van der Waals surface area contributed by atoms with Crippen molar-refractivity contribution in [3.05, 3.63) is 41.5 Å². The minimum absolute atomic E-state index is 0.0254. The van der Waals surface area contributed by atoms with Crippen LogP contribution < -0.4 is 10.6 Å². The molecule has 1 aliphatic heterocycles. The Hall–Kier alpha value is -2.30. The highest BCUT2D eigenvalue weighted by atomic mass is 16.5. The van der Waals surface area contributed by atoms with E-state index in [1.54, 1.807) is 6.08 Å². The van der Waals surface area contributed by atoms with E-state index in [0.717, 1.165) is 5.69 Å². The summed E-state index contributed by atoms with van der Waals surface area (Å²) in [6.07, 6.45) is 3.31. The topological polar surface area (TPSA) is 67.4 Å². The predicted molar refractivity (Wildman–Crippen MR) is 85.8 cm³/mol. The molecule has 0 saturated heterocycles. The Labute approximate surface area is 130 Å². The molecule has 2 rings (SSSR count). The van der Waals surface area contributed by atoms with Crippen molar-refractivity contribution in [1.29, 1.82) is 0 Å². The minimum Gasteiger partial charge on any atom is -0.466 e. The van der Waals surface area contributed by atoms with Crippen molar-refractivity contribution in [2.45, 2.75) is 32.2 Å². The molecule has 0 fully saturated rings. The Morgan fingerprint density at radius 1 is 1.41 bits per heavy atom. The number of ether oxygens (including phenoxy) is 1. The first-order valence-electron chi connectivity index (χ1n) is 7.40. The first-order chi connectivity index (χ1) is 10.5. The Bertz CT molecular complexity index is 596. The number of carbonyl (C=O) groups is 2. The van der Waals surface area contributed by atoms with E-state index >= 15 is 0 Å². The first-order valence-corrected chi connectivity index (χ1v) is 7.40. The monoisotopic (exact) mass is 302 g/mol. The van der Waals surface area contributed by atoms with Gasteiger partial charge in [-0.05, 0) is 25.0 Å². The van der Waals surface area contributed by atoms with E-state index in [1.165, 1.54) is 24.3 Å². The molecule has 0 bridgehead atoms. The average Bonchev–Trinajstić information content (AvgIpc) is 2.81. The number of fused-ring (bicyclic) bond motifs is 1. The molecular formula is C17H22N2O3. The van der Waals surface area contributed by atoms with Gasteiger partial charge in [0.15, 0.2) is 0 Å². The lowest BCUT2D eigenvalue weighted by Gasteiger charge is -2.15. The molecule has 5 heteroatoms. The number of methoxy groups -OCH3 is 1. The van der Waals surface area contributed by atoms with Crippen LogP contribution in [0.15, 0.2) is 30.4 Å². The Morgan fingerprint density at radius 3 is 2.91 bits per heavy atom. The zero-order valence-corrected chi connectivity index (χ0v) is 13.2. The summed E-state index contributed by atoms with van der Waals surface area (Å²) < 4.78 is 4.48. The maximum absolute atomic E-state index is 12.1. The lowest BCUT2D eigenvalue weighted by molar-refractivity contribution is -0.134. The molecule has 2 unspecified atom stereocenters. The van der Waals surface area contributed by atoms with Crippen molar-refractivity contribution in [2.75, 3.05) is 19.0 Å². The number of esters is 1. The number of hydrogen-bond donors (Lipinski definition) is 2. The van der Waals surface area contributed by atoms with Gasteiger partial charge in [-0.15, -0.1) is 0 Å². The highest BCUT2D eigenvalue weighted by molar-refractivity contribution is 5.82. The van der Waals surface area contributed by atoms with E-state index in [1.807, 2.05) is 6.07 Å². The number of carbonyl (C=O) groups excluding carboxylic acids is 2. The highest BCUT2D eigenvalue weighted by Crippen LogP contribution is 2.39. The van der Waals surface area contributed by atoms with E-state index in [2.05, 4.69) is 41.4 Å². The van der Waals surface area contributed by atoms with E-state index < -0.39 is 5.97 Å². The molecule has 2 atom stereocenters. The van der Waals surface area contributed by atoms with Gasteiger partial charge in [0.2, 0.25) is 5.91 Å². The van der Waals surface area contributed by atoms with E-state index in [9.17, 15) is 9.59 Å². The normalized spacial score (nSPS) is 19.6. The second-order valence-corrected chi connectivity index (χ2v) is 5.51. The Morgan fingerprint density at radius 2 is 2.18 bits per heavy atom. The number of amides is 1. The number of nitrogens with one attached hydrogen (secondary N) is 2. The third-order valence-corrected chi connectivity index (χ3v) is 3.96. The zero-order valence-electron chi connectivity index (χ0n) is 13.2. The third kappa shape index (κ3) is 3.67. The third-order valence-electron chi connectivity index (χ3n) is 3.96. The maximum Gasteiger partial charge on any atom is 0.330 e. The molecule has 1 aromatic carbocycles. The molecule has 0 radical (unpaired) electrons. The largest absolute Gasteiger partial charge is 0.466 e. The molecule has 0 aliphatic carbocycles. The van der Waals surface area contributed by atoms with Gasteiger partial charge in [0, 0.05) is 36.7 Å². The van der Waals surface area contributed by atoms with Gasteiger partial charge in [0.25, 0.3) is 0 Å². The molecule has 1 heterocycles. The summed E-state index contributed by atoms with van der Waals surface area (Å²) in [5.74, 6) is -0.283. The van der Waals surface area contributed by atoms with Gasteiger partial charge in [-0.25, -0.2) is 4.79 Å². The second-order valence-electron chi connectivity index (χ2n) is 5.51. The van der Waals surface area contributed by atoms with Gasteiger partial charge in [0.1, 0.15) is 0 Å². The number of hydrogen-bond acceptors (Lipinski definition) is 4. The number of rotatable bonds is 5. The zero-order chi connectivity index (χ0) is 16.1. The quantitative estimate of drug-likeness (QED) is 0.646. The fourth-order valence-corrected chi connectivity index (χ4v) is 2.75. The van der Waals surface area contributed by atoms with Crippen LogP contribution in [0.3, 0.4) is 0 Å². The summed E-state index contributed by atoms with van der Waals surface area (Å²) in [6.45, 7) is 4.48. The Kier molecular flexibility index (Phi) is 5.20. The van der Waals surface area contributed by atoms with Crippen LogP contribution in [0.2, 0.25) is 0 Å². The van der Waals surface area contributed by atoms with Crippen molar-refractivity contribution >= 4 is 17.6 Å². The summed E-state index contributed by atoms with van der Waals surface area (Å²) in [4.78, 5) is 23.0. The molecule has 1 aromatic rings. The SMILES string of the molecule is COC(=O)/C=C/CNC(=O)CC1c2cccc(C)c2NC1C. The summed E-state index contributed by atoms with van der Waals surface area (Å²) in [5.41, 5.74) is 3.56. The standard InChI is InChI=1S/C17H22N2O3/c1-11-6-4-7-13-14(12(2)19-17(11)13)10-15(20)18-9-5-8-16(21)22-3/h4-8,12,14,19H,9-10H2,1-3H3,(H,18,20)/b8-5+. The molecule has 0 saturated carbocycles. The lowest BCUT2D eigenvalue weighted by atomic mass is 9.91. The van der Waals surface area contributed by atoms with Crippen LogP contribution in [0, 0.1) is 6.92 Å². The number of anilines is 1. The highest BCUT2D eigenvalue weighted by Gasteiger charge is 2.31.